The van der Waals surface area contributed by atoms with E-state index in [1.807, 2.05) is 0 Å². The molecule has 0 unspecified atom stereocenters. The summed E-state index contributed by atoms with van der Waals surface area (Å²) in [6.45, 7) is -0.359. The predicted molar refractivity (Wildman–Crippen MR) is 82.8 cm³/mol. The average Bonchev–Trinajstić information content (AvgIpc) is 2.57. The van der Waals surface area contributed by atoms with Crippen molar-refractivity contribution >= 4 is 11.8 Å². The van der Waals surface area contributed by atoms with Crippen molar-refractivity contribution in [2.24, 2.45) is 5.92 Å². The van der Waals surface area contributed by atoms with Crippen LogP contribution in [0.1, 0.15) is 42.5 Å². The van der Waals surface area contributed by atoms with E-state index >= 15 is 0 Å². The Hall–Kier alpha value is -2.49. The second-order valence-corrected chi connectivity index (χ2v) is 5.91. The highest BCUT2D eigenvalue weighted by molar-refractivity contribution is 5.96. The van der Waals surface area contributed by atoms with Crippen LogP contribution in [0.15, 0.2) is 18.2 Å². The minimum Gasteiger partial charge on any atom is -0.343 e. The van der Waals surface area contributed by atoms with E-state index in [0.29, 0.717) is 6.07 Å². The SMILES string of the molecule is N#C[C@H](NC(=O)CNC(=O)c1cc(F)cc(F)c1)C1CCCCC1. The molecule has 0 saturated heterocycles. The first-order valence-corrected chi connectivity index (χ1v) is 7.93. The Morgan fingerprint density at radius 2 is 1.79 bits per heavy atom. The summed E-state index contributed by atoms with van der Waals surface area (Å²) in [6, 6.07) is 3.94. The topological polar surface area (TPSA) is 82.0 Å². The Morgan fingerprint density at radius 3 is 2.38 bits per heavy atom. The van der Waals surface area contributed by atoms with E-state index in [9.17, 15) is 23.6 Å². The highest BCUT2D eigenvalue weighted by Crippen LogP contribution is 2.26. The molecule has 1 atom stereocenters. The second kappa shape index (κ2) is 8.39. The van der Waals surface area contributed by atoms with Crippen LogP contribution in [-0.4, -0.2) is 24.4 Å². The summed E-state index contributed by atoms with van der Waals surface area (Å²) < 4.78 is 26.2. The summed E-state index contributed by atoms with van der Waals surface area (Å²) in [5.41, 5.74) is -0.204. The van der Waals surface area contributed by atoms with E-state index in [-0.39, 0.29) is 18.0 Å². The van der Waals surface area contributed by atoms with Crippen molar-refractivity contribution in [1.29, 1.82) is 5.26 Å². The van der Waals surface area contributed by atoms with Crippen molar-refractivity contribution in [3.05, 3.63) is 35.4 Å². The van der Waals surface area contributed by atoms with E-state index < -0.39 is 29.5 Å². The van der Waals surface area contributed by atoms with E-state index in [2.05, 4.69) is 16.7 Å². The number of benzene rings is 1. The molecule has 1 aliphatic rings. The van der Waals surface area contributed by atoms with Crippen LogP contribution in [0.3, 0.4) is 0 Å². The first-order valence-electron chi connectivity index (χ1n) is 7.93. The van der Waals surface area contributed by atoms with Crippen LogP contribution in [0.2, 0.25) is 0 Å². The first-order chi connectivity index (χ1) is 11.5. The molecule has 0 bridgehead atoms. The van der Waals surface area contributed by atoms with Crippen molar-refractivity contribution in [3.8, 4) is 6.07 Å². The van der Waals surface area contributed by atoms with E-state index in [1.165, 1.54) is 0 Å². The molecule has 2 N–H and O–H groups in total. The molecule has 24 heavy (non-hydrogen) atoms. The number of carbonyl (C=O) groups is 2. The zero-order valence-corrected chi connectivity index (χ0v) is 13.1. The standard InChI is InChI=1S/C17H19F2N3O2/c18-13-6-12(7-14(19)8-13)17(24)21-10-16(23)22-15(9-20)11-4-2-1-3-5-11/h6-8,11,15H,1-5,10H2,(H,21,24)(H,22,23)/t15-/m0/s1. The van der Waals surface area contributed by atoms with Gasteiger partial charge in [-0.15, -0.1) is 0 Å². The Balaban J connectivity index is 1.85. The molecule has 0 heterocycles. The zero-order chi connectivity index (χ0) is 17.5. The summed E-state index contributed by atoms with van der Waals surface area (Å²) in [6.07, 6.45) is 5.02. The Kier molecular flexibility index (Phi) is 6.24. The molecule has 128 valence electrons. The van der Waals surface area contributed by atoms with Crippen molar-refractivity contribution in [1.82, 2.24) is 10.6 Å². The fourth-order valence-electron chi connectivity index (χ4n) is 2.90. The molecule has 5 nitrogen and oxygen atoms in total. The average molecular weight is 335 g/mol. The predicted octanol–water partition coefficient (Wildman–Crippen LogP) is 2.28. The Labute approximate surface area is 139 Å². The van der Waals surface area contributed by atoms with Crippen molar-refractivity contribution < 1.29 is 18.4 Å². The maximum absolute atomic E-state index is 13.1. The highest BCUT2D eigenvalue weighted by Gasteiger charge is 2.25. The fraction of sp³-hybridized carbons (Fsp3) is 0.471. The molecule has 0 radical (unpaired) electrons. The van der Waals surface area contributed by atoms with Gasteiger partial charge in [0.1, 0.15) is 17.7 Å². The lowest BCUT2D eigenvalue weighted by Crippen LogP contribution is -2.45. The Bertz CT molecular complexity index is 631. The number of nitrogens with one attached hydrogen (secondary N) is 2. The van der Waals surface area contributed by atoms with E-state index in [1.54, 1.807) is 0 Å². The van der Waals surface area contributed by atoms with E-state index in [4.69, 9.17) is 0 Å². The minimum atomic E-state index is -0.869. The number of carbonyl (C=O) groups excluding carboxylic acids is 2. The zero-order valence-electron chi connectivity index (χ0n) is 13.1. The van der Waals surface area contributed by atoms with Crippen LogP contribution in [-0.2, 0) is 4.79 Å². The largest absolute Gasteiger partial charge is 0.343 e. The van der Waals surface area contributed by atoms with Gasteiger partial charge in [0, 0.05) is 11.6 Å². The van der Waals surface area contributed by atoms with Gasteiger partial charge < -0.3 is 10.6 Å². The third-order valence-corrected chi connectivity index (χ3v) is 4.11. The van der Waals surface area contributed by atoms with Gasteiger partial charge in [-0.2, -0.15) is 5.26 Å². The number of nitrogens with zero attached hydrogens (tertiary/aromatic N) is 1. The van der Waals surface area contributed by atoms with Crippen LogP contribution < -0.4 is 10.6 Å². The molecule has 1 aliphatic carbocycles. The third-order valence-electron chi connectivity index (χ3n) is 4.11. The molecular formula is C17H19F2N3O2. The maximum Gasteiger partial charge on any atom is 0.251 e. The molecule has 0 aliphatic heterocycles. The molecule has 1 aromatic rings. The van der Waals surface area contributed by atoms with Gasteiger partial charge in [0.25, 0.3) is 5.91 Å². The highest BCUT2D eigenvalue weighted by atomic mass is 19.1. The van der Waals surface area contributed by atoms with Crippen LogP contribution >= 0.6 is 0 Å². The Morgan fingerprint density at radius 1 is 1.17 bits per heavy atom. The smallest absolute Gasteiger partial charge is 0.251 e. The molecule has 0 aromatic heterocycles. The number of nitriles is 1. The van der Waals surface area contributed by atoms with Gasteiger partial charge in [-0.3, -0.25) is 9.59 Å². The lowest BCUT2D eigenvalue weighted by Gasteiger charge is -2.26. The first kappa shape index (κ1) is 17.9. The van der Waals surface area contributed by atoms with E-state index in [0.717, 1.165) is 44.2 Å². The van der Waals surface area contributed by atoms with Gasteiger partial charge in [0.2, 0.25) is 5.91 Å². The van der Waals surface area contributed by atoms with Crippen molar-refractivity contribution in [2.75, 3.05) is 6.54 Å². The van der Waals surface area contributed by atoms with Gasteiger partial charge >= 0.3 is 0 Å². The molecule has 1 fully saturated rings. The normalized spacial score (nSPS) is 16.0. The molecule has 1 aromatic carbocycles. The summed E-state index contributed by atoms with van der Waals surface area (Å²) in [4.78, 5) is 23.7. The minimum absolute atomic E-state index is 0.126. The molecule has 1 saturated carbocycles. The van der Waals surface area contributed by atoms with Gasteiger partial charge in [-0.25, -0.2) is 8.78 Å². The fourth-order valence-corrected chi connectivity index (χ4v) is 2.90. The molecular weight excluding hydrogens is 316 g/mol. The van der Waals surface area contributed by atoms with Crippen LogP contribution in [0, 0.1) is 28.9 Å². The summed E-state index contributed by atoms with van der Waals surface area (Å²) in [5, 5.41) is 14.1. The second-order valence-electron chi connectivity index (χ2n) is 5.91. The molecule has 7 heteroatoms. The van der Waals surface area contributed by atoms with Gasteiger partial charge in [-0.1, -0.05) is 19.3 Å². The quantitative estimate of drug-likeness (QED) is 0.866. The molecule has 2 rings (SSSR count). The van der Waals surface area contributed by atoms with Gasteiger partial charge in [0.15, 0.2) is 0 Å². The van der Waals surface area contributed by atoms with Gasteiger partial charge in [0.05, 0.1) is 12.6 Å². The summed E-state index contributed by atoms with van der Waals surface area (Å²) in [5.74, 6) is -2.87. The lowest BCUT2D eigenvalue weighted by molar-refractivity contribution is -0.120. The number of hydrogen-bond acceptors (Lipinski definition) is 3. The lowest BCUT2D eigenvalue weighted by atomic mass is 9.84. The number of hydrogen-bond donors (Lipinski definition) is 2. The summed E-state index contributed by atoms with van der Waals surface area (Å²) in [7, 11) is 0. The monoisotopic (exact) mass is 335 g/mol. The number of halogens is 2. The number of amides is 2. The van der Waals surface area contributed by atoms with Crippen LogP contribution in [0.25, 0.3) is 0 Å². The van der Waals surface area contributed by atoms with Crippen LogP contribution in [0.5, 0.6) is 0 Å². The van der Waals surface area contributed by atoms with Crippen LogP contribution in [0.4, 0.5) is 8.78 Å². The maximum atomic E-state index is 13.1. The van der Waals surface area contributed by atoms with Crippen molar-refractivity contribution in [2.45, 2.75) is 38.1 Å². The van der Waals surface area contributed by atoms with Gasteiger partial charge in [-0.05, 0) is 30.9 Å². The molecule has 0 spiro atoms. The molecule has 2 amide bonds. The number of rotatable bonds is 5. The third kappa shape index (κ3) is 5.01. The van der Waals surface area contributed by atoms with Crippen molar-refractivity contribution in [3.63, 3.8) is 0 Å². The summed E-state index contributed by atoms with van der Waals surface area (Å²) >= 11 is 0.